The van der Waals surface area contributed by atoms with Crippen molar-refractivity contribution in [2.45, 2.75) is 43.5 Å². The van der Waals surface area contributed by atoms with Crippen LogP contribution < -0.4 is 10.0 Å². The van der Waals surface area contributed by atoms with Gasteiger partial charge in [-0.2, -0.15) is 4.72 Å². The fourth-order valence-electron chi connectivity index (χ4n) is 3.38. The van der Waals surface area contributed by atoms with Crippen molar-refractivity contribution in [2.75, 3.05) is 18.9 Å². The fourth-order valence-corrected chi connectivity index (χ4v) is 4.61. The molecular formula is C22H27N3O4S. The highest BCUT2D eigenvalue weighted by Crippen LogP contribution is 2.27. The van der Waals surface area contributed by atoms with E-state index in [1.165, 1.54) is 6.07 Å². The van der Waals surface area contributed by atoms with Crippen LogP contribution in [0.25, 0.3) is 0 Å². The number of anilines is 1. The molecule has 1 aliphatic heterocycles. The van der Waals surface area contributed by atoms with Gasteiger partial charge in [-0.25, -0.2) is 8.42 Å². The first kappa shape index (κ1) is 22.0. The minimum atomic E-state index is -3.96. The molecular weight excluding hydrogens is 402 g/mol. The smallest absolute Gasteiger partial charge is 0.245 e. The van der Waals surface area contributed by atoms with Gasteiger partial charge in [0.25, 0.3) is 0 Å². The molecule has 30 heavy (non-hydrogen) atoms. The molecule has 1 atom stereocenters. The van der Waals surface area contributed by atoms with E-state index in [1.807, 2.05) is 13.0 Å². The molecule has 3 rings (SSSR count). The zero-order valence-electron chi connectivity index (χ0n) is 17.2. The van der Waals surface area contributed by atoms with Gasteiger partial charge in [-0.1, -0.05) is 43.7 Å². The number of carbonyl (C=O) groups excluding carboxylic acids is 2. The van der Waals surface area contributed by atoms with Crippen molar-refractivity contribution in [1.82, 2.24) is 9.62 Å². The Kier molecular flexibility index (Phi) is 6.89. The third kappa shape index (κ3) is 5.06. The predicted molar refractivity (Wildman–Crippen MR) is 115 cm³/mol. The van der Waals surface area contributed by atoms with Gasteiger partial charge in [0.05, 0.1) is 4.90 Å². The molecule has 8 heteroatoms. The van der Waals surface area contributed by atoms with Crippen molar-refractivity contribution in [3.05, 3.63) is 59.7 Å². The van der Waals surface area contributed by atoms with Crippen LogP contribution in [-0.2, 0) is 26.0 Å². The highest BCUT2D eigenvalue weighted by Gasteiger charge is 2.30. The molecule has 0 fully saturated rings. The van der Waals surface area contributed by atoms with Crippen LogP contribution in [0.5, 0.6) is 0 Å². The summed E-state index contributed by atoms with van der Waals surface area (Å²) in [6, 6.07) is 12.4. The van der Waals surface area contributed by atoms with Crippen molar-refractivity contribution < 1.29 is 18.0 Å². The second-order valence-electron chi connectivity index (χ2n) is 7.45. The number of sulfonamides is 1. The van der Waals surface area contributed by atoms with Gasteiger partial charge in [-0.3, -0.25) is 9.59 Å². The number of nitrogens with zero attached hydrogens (tertiary/aromatic N) is 1. The van der Waals surface area contributed by atoms with E-state index in [9.17, 15) is 18.0 Å². The van der Waals surface area contributed by atoms with Gasteiger partial charge >= 0.3 is 0 Å². The number of fused-ring (bicyclic) bond motifs is 1. The Hall–Kier alpha value is -2.71. The van der Waals surface area contributed by atoms with Crippen LogP contribution in [0, 0.1) is 0 Å². The lowest BCUT2D eigenvalue weighted by atomic mass is 10.0. The summed E-state index contributed by atoms with van der Waals surface area (Å²) in [6.07, 6.45) is 2.57. The van der Waals surface area contributed by atoms with Crippen LogP contribution >= 0.6 is 0 Å². The number of hydrogen-bond acceptors (Lipinski definition) is 4. The summed E-state index contributed by atoms with van der Waals surface area (Å²) in [4.78, 5) is 26.3. The molecule has 0 aliphatic carbocycles. The number of hydrogen-bond donors (Lipinski definition) is 2. The van der Waals surface area contributed by atoms with Crippen molar-refractivity contribution in [2.24, 2.45) is 0 Å². The molecule has 0 saturated heterocycles. The molecule has 0 saturated carbocycles. The van der Waals surface area contributed by atoms with Crippen LogP contribution in [0.3, 0.4) is 0 Å². The van der Waals surface area contributed by atoms with Gasteiger partial charge < -0.3 is 10.2 Å². The third-order valence-corrected chi connectivity index (χ3v) is 6.58. The van der Waals surface area contributed by atoms with Gasteiger partial charge in [0.1, 0.15) is 6.04 Å². The van der Waals surface area contributed by atoms with Crippen molar-refractivity contribution >= 4 is 27.5 Å². The lowest BCUT2D eigenvalue weighted by Crippen LogP contribution is -2.41. The van der Waals surface area contributed by atoms with Crippen LogP contribution in [0.4, 0.5) is 5.69 Å². The summed E-state index contributed by atoms with van der Waals surface area (Å²) >= 11 is 0. The molecule has 2 aromatic carbocycles. The van der Waals surface area contributed by atoms with Crippen LogP contribution in [0.2, 0.25) is 0 Å². The van der Waals surface area contributed by atoms with Gasteiger partial charge in [0.15, 0.2) is 0 Å². The number of nitrogens with one attached hydrogen (secondary N) is 2. The maximum Gasteiger partial charge on any atom is 0.245 e. The van der Waals surface area contributed by atoms with E-state index in [0.29, 0.717) is 30.6 Å². The van der Waals surface area contributed by atoms with Crippen LogP contribution in [-0.4, -0.2) is 38.7 Å². The maximum atomic E-state index is 13.1. The number of aryl methyl sites for hydroxylation is 1. The first-order valence-electron chi connectivity index (χ1n) is 10.1. The first-order chi connectivity index (χ1) is 14.3. The van der Waals surface area contributed by atoms with E-state index < -0.39 is 16.1 Å². The van der Waals surface area contributed by atoms with Crippen LogP contribution in [0.15, 0.2) is 53.4 Å². The zero-order chi connectivity index (χ0) is 21.7. The monoisotopic (exact) mass is 429 g/mol. The quantitative estimate of drug-likeness (QED) is 0.674. The Balaban J connectivity index is 1.89. The minimum absolute atomic E-state index is 0.0716. The Morgan fingerprint density at radius 2 is 1.90 bits per heavy atom. The van der Waals surface area contributed by atoms with Gasteiger partial charge in [-0.05, 0) is 42.2 Å². The number of unbranched alkanes of at least 4 members (excludes halogenated alkanes) is 1. The largest absolute Gasteiger partial charge is 0.344 e. The third-order valence-electron chi connectivity index (χ3n) is 5.16. The van der Waals surface area contributed by atoms with E-state index in [4.69, 9.17) is 0 Å². The Labute approximate surface area is 177 Å². The number of benzene rings is 2. The highest BCUT2D eigenvalue weighted by atomic mass is 32.2. The Morgan fingerprint density at radius 1 is 1.17 bits per heavy atom. The summed E-state index contributed by atoms with van der Waals surface area (Å²) in [5.41, 5.74) is 1.97. The number of likely N-dealkylation sites (N-methyl/N-ethyl adjacent to an activating group) is 1. The summed E-state index contributed by atoms with van der Waals surface area (Å²) in [5, 5.41) is 2.74. The van der Waals surface area contributed by atoms with Crippen LogP contribution in [0.1, 0.15) is 43.4 Å². The highest BCUT2D eigenvalue weighted by molar-refractivity contribution is 7.89. The van der Waals surface area contributed by atoms with E-state index >= 15 is 0 Å². The molecule has 1 unspecified atom stereocenters. The topological polar surface area (TPSA) is 95.6 Å². The molecule has 1 heterocycles. The second-order valence-corrected chi connectivity index (χ2v) is 9.16. The normalized spacial score (nSPS) is 14.5. The van der Waals surface area contributed by atoms with Crippen molar-refractivity contribution in [1.29, 1.82) is 0 Å². The van der Waals surface area contributed by atoms with E-state index in [0.717, 1.165) is 18.4 Å². The zero-order valence-corrected chi connectivity index (χ0v) is 18.0. The Bertz CT molecular complexity index is 1020. The fraction of sp³-hybridized carbons (Fsp3) is 0.364. The summed E-state index contributed by atoms with van der Waals surface area (Å²) in [6.45, 7) is 2.59. The lowest BCUT2D eigenvalue weighted by molar-refractivity contribution is -0.131. The molecule has 160 valence electrons. The standard InChI is InChI=1S/C22H27N3O4S/c1-3-4-14-25(2)22(27)21(16-8-6-5-7-9-16)24-30(28,29)18-11-12-19-17(15-18)10-13-20(26)23-19/h5-9,11-12,15,21,24H,3-4,10,13-14H2,1-2H3,(H,23,26). The predicted octanol–water partition coefficient (Wildman–Crippen LogP) is 2.85. The average Bonchev–Trinajstić information content (AvgIpc) is 2.75. The summed E-state index contributed by atoms with van der Waals surface area (Å²) in [5.74, 6) is -0.385. The first-order valence-corrected chi connectivity index (χ1v) is 11.5. The minimum Gasteiger partial charge on any atom is -0.344 e. The average molecular weight is 430 g/mol. The molecule has 0 aromatic heterocycles. The molecule has 1 aliphatic rings. The second kappa shape index (κ2) is 9.40. The molecule has 2 N–H and O–H groups in total. The number of rotatable bonds is 8. The summed E-state index contributed by atoms with van der Waals surface area (Å²) < 4.78 is 28.9. The number of carbonyl (C=O) groups is 2. The molecule has 0 radical (unpaired) electrons. The van der Waals surface area contributed by atoms with Gasteiger partial charge in [-0.15, -0.1) is 0 Å². The van der Waals surface area contributed by atoms with Crippen molar-refractivity contribution in [3.63, 3.8) is 0 Å². The van der Waals surface area contributed by atoms with Gasteiger partial charge in [0.2, 0.25) is 21.8 Å². The maximum absolute atomic E-state index is 13.1. The molecule has 0 spiro atoms. The number of amides is 2. The molecule has 2 amide bonds. The van der Waals surface area contributed by atoms with Crippen molar-refractivity contribution in [3.8, 4) is 0 Å². The summed E-state index contributed by atoms with van der Waals surface area (Å²) in [7, 11) is -2.28. The van der Waals surface area contributed by atoms with E-state index in [-0.39, 0.29) is 16.7 Å². The molecule has 0 bridgehead atoms. The van der Waals surface area contributed by atoms with Gasteiger partial charge in [0, 0.05) is 25.7 Å². The van der Waals surface area contributed by atoms with E-state index in [2.05, 4.69) is 10.0 Å². The SMILES string of the molecule is CCCCN(C)C(=O)C(NS(=O)(=O)c1ccc2c(c1)CCC(=O)N2)c1ccccc1. The van der Waals surface area contributed by atoms with E-state index in [1.54, 1.807) is 48.3 Å². The molecule has 2 aromatic rings. The lowest BCUT2D eigenvalue weighted by Gasteiger charge is -2.25. The Morgan fingerprint density at radius 3 is 2.60 bits per heavy atom. The molecule has 7 nitrogen and oxygen atoms in total.